The molecule has 0 aliphatic carbocycles. The molecule has 58 heavy (non-hydrogen) atoms. The number of alkyl carbamates (subject to hydrolysis) is 2. The number of amides is 4. The van der Waals surface area contributed by atoms with E-state index >= 15 is 0 Å². The maximum absolute atomic E-state index is 13.8. The molecular formula is C43H53N9O6. The number of fused-ring (bicyclic) bond motifs is 2. The van der Waals surface area contributed by atoms with Crippen LogP contribution in [-0.4, -0.2) is 98.1 Å². The van der Waals surface area contributed by atoms with Crippen LogP contribution in [-0.2, 0) is 19.1 Å². The Balaban J connectivity index is 1.07. The summed E-state index contributed by atoms with van der Waals surface area (Å²) >= 11 is 0. The van der Waals surface area contributed by atoms with Crippen LogP contribution in [0.15, 0.2) is 54.9 Å². The van der Waals surface area contributed by atoms with Gasteiger partial charge in [0.15, 0.2) is 0 Å². The molecule has 4 N–H and O–H groups in total. The third-order valence-electron chi connectivity index (χ3n) is 12.0. The number of pyridine rings is 1. The molecule has 0 saturated carbocycles. The molecule has 4 amide bonds. The quantitative estimate of drug-likeness (QED) is 0.103. The van der Waals surface area contributed by atoms with Gasteiger partial charge >= 0.3 is 12.2 Å². The molecule has 2 aromatic carbocycles. The molecule has 306 valence electrons. The number of aromatic nitrogens is 5. The van der Waals surface area contributed by atoms with Crippen molar-refractivity contribution < 1.29 is 28.7 Å². The summed E-state index contributed by atoms with van der Waals surface area (Å²) in [5, 5.41) is 7.49. The zero-order chi connectivity index (χ0) is 41.1. The maximum atomic E-state index is 13.8. The van der Waals surface area contributed by atoms with Gasteiger partial charge in [0, 0.05) is 35.8 Å². The number of carbonyl (C=O) groups is 4. The largest absolute Gasteiger partial charge is 0.453 e. The first-order valence-electron chi connectivity index (χ1n) is 20.3. The van der Waals surface area contributed by atoms with Gasteiger partial charge in [-0.2, -0.15) is 0 Å². The van der Waals surface area contributed by atoms with Gasteiger partial charge in [0.2, 0.25) is 11.8 Å². The lowest BCUT2D eigenvalue weighted by Crippen LogP contribution is -2.51. The number of imidazole rings is 2. The van der Waals surface area contributed by atoms with Crippen LogP contribution in [0.1, 0.15) is 90.0 Å². The molecule has 6 atom stereocenters. The molecule has 5 heterocycles. The molecule has 0 spiro atoms. The minimum Gasteiger partial charge on any atom is -0.453 e. The molecule has 7 rings (SSSR count). The number of benzene rings is 2. The van der Waals surface area contributed by atoms with Crippen molar-refractivity contribution in [3.05, 3.63) is 66.5 Å². The first-order valence-corrected chi connectivity index (χ1v) is 20.3. The topological polar surface area (TPSA) is 188 Å². The summed E-state index contributed by atoms with van der Waals surface area (Å²) in [6.45, 7) is 9.07. The van der Waals surface area contributed by atoms with Gasteiger partial charge < -0.3 is 39.9 Å². The Morgan fingerprint density at radius 1 is 0.741 bits per heavy atom. The van der Waals surface area contributed by atoms with E-state index in [4.69, 9.17) is 24.4 Å². The van der Waals surface area contributed by atoms with Gasteiger partial charge in [0.1, 0.15) is 23.7 Å². The number of nitrogens with one attached hydrogen (secondary N) is 4. The van der Waals surface area contributed by atoms with Gasteiger partial charge in [-0.3, -0.25) is 14.6 Å². The number of ether oxygens (including phenoxy) is 2. The molecule has 0 radical (unpaired) electrons. The lowest BCUT2D eigenvalue weighted by atomic mass is 9.97. The van der Waals surface area contributed by atoms with Crippen molar-refractivity contribution in [3.63, 3.8) is 0 Å². The van der Waals surface area contributed by atoms with Crippen molar-refractivity contribution >= 4 is 45.8 Å². The normalized spacial score (nSPS) is 18.9. The lowest BCUT2D eigenvalue weighted by molar-refractivity contribution is -0.136. The van der Waals surface area contributed by atoms with Gasteiger partial charge in [0.05, 0.1) is 54.9 Å². The number of methoxy groups -OCH3 is 2. The Bertz CT molecular complexity index is 2300. The van der Waals surface area contributed by atoms with Crippen molar-refractivity contribution in [3.8, 4) is 22.5 Å². The van der Waals surface area contributed by atoms with Gasteiger partial charge in [-0.15, -0.1) is 0 Å². The first-order chi connectivity index (χ1) is 28.0. The monoisotopic (exact) mass is 791 g/mol. The number of nitrogens with zero attached hydrogens (tertiary/aromatic N) is 5. The number of hydrogen-bond donors (Lipinski definition) is 4. The van der Waals surface area contributed by atoms with Gasteiger partial charge in [-0.05, 0) is 67.2 Å². The highest BCUT2D eigenvalue weighted by molar-refractivity contribution is 5.91. The second kappa shape index (κ2) is 17.2. The van der Waals surface area contributed by atoms with Crippen molar-refractivity contribution in [1.29, 1.82) is 0 Å². The maximum Gasteiger partial charge on any atom is 0.407 e. The van der Waals surface area contributed by atoms with E-state index in [9.17, 15) is 19.2 Å². The fourth-order valence-corrected chi connectivity index (χ4v) is 8.19. The minimum absolute atomic E-state index is 0.0627. The molecule has 2 aliphatic rings. The summed E-state index contributed by atoms with van der Waals surface area (Å²) in [5.41, 5.74) is 5.18. The van der Waals surface area contributed by atoms with Gasteiger partial charge in [-0.25, -0.2) is 19.6 Å². The summed E-state index contributed by atoms with van der Waals surface area (Å²) in [5.74, 6) is 1.04. The highest BCUT2D eigenvalue weighted by atomic mass is 16.5. The minimum atomic E-state index is -0.687. The van der Waals surface area contributed by atoms with Gasteiger partial charge in [-0.1, -0.05) is 58.7 Å². The van der Waals surface area contributed by atoms with Crippen LogP contribution in [0.25, 0.3) is 44.3 Å². The number of aromatic amines is 2. The number of likely N-dealkylation sites (tertiary alicyclic amines) is 2. The molecular weight excluding hydrogens is 739 g/mol. The van der Waals surface area contributed by atoms with Crippen LogP contribution < -0.4 is 10.6 Å². The number of carbonyl (C=O) groups excluding carboxylic acids is 4. The van der Waals surface area contributed by atoms with Crippen LogP contribution >= 0.6 is 0 Å². The Hall–Kier alpha value is -5.99. The van der Waals surface area contributed by atoms with E-state index in [0.29, 0.717) is 18.9 Å². The molecule has 2 fully saturated rings. The summed E-state index contributed by atoms with van der Waals surface area (Å²) in [7, 11) is 2.60. The molecule has 2 saturated heterocycles. The average Bonchev–Trinajstić information content (AvgIpc) is 4.09. The van der Waals surface area contributed by atoms with Crippen LogP contribution in [0.2, 0.25) is 0 Å². The van der Waals surface area contributed by atoms with E-state index < -0.39 is 24.3 Å². The summed E-state index contributed by atoms with van der Waals surface area (Å²) in [4.78, 5) is 76.8. The van der Waals surface area contributed by atoms with Crippen LogP contribution in [0, 0.1) is 11.8 Å². The zero-order valence-corrected chi connectivity index (χ0v) is 34.0. The van der Waals surface area contributed by atoms with Crippen LogP contribution in [0.5, 0.6) is 0 Å². The van der Waals surface area contributed by atoms with E-state index in [-0.39, 0.29) is 35.7 Å². The molecule has 5 aromatic rings. The smallest absolute Gasteiger partial charge is 0.407 e. The van der Waals surface area contributed by atoms with Crippen molar-refractivity contribution in [2.75, 3.05) is 27.3 Å². The second-order valence-electron chi connectivity index (χ2n) is 15.5. The summed E-state index contributed by atoms with van der Waals surface area (Å²) in [6, 6.07) is 12.4. The fourth-order valence-electron chi connectivity index (χ4n) is 8.19. The molecule has 6 unspecified atom stereocenters. The second-order valence-corrected chi connectivity index (χ2v) is 15.5. The van der Waals surface area contributed by atoms with Gasteiger partial charge in [0.25, 0.3) is 0 Å². The molecule has 15 heteroatoms. The number of rotatable bonds is 12. The van der Waals surface area contributed by atoms with Crippen LogP contribution in [0.3, 0.4) is 0 Å². The summed E-state index contributed by atoms with van der Waals surface area (Å²) < 4.78 is 9.62. The average molecular weight is 792 g/mol. The molecule has 3 aromatic heterocycles. The standard InChI is InChI=1S/C43H53N9O6/c1-7-24(3)36(49-42(55)57-5)40(53)51-17-9-11-34(51)38-45-23-33(48-38)27-14-13-26-20-31(44-22-29(26)19-27)28-15-16-30-32(21-28)47-39(46-30)35-12-10-18-52(35)41(54)37(25(4)8-2)50-43(56)58-6/h13-16,19-25,34-37H,7-12,17-18H2,1-6H3,(H,45,48)(H,46,47)(H,49,55)(H,50,56). The lowest BCUT2D eigenvalue weighted by Gasteiger charge is -2.30. The Labute approximate surface area is 337 Å². The Morgan fingerprint density at radius 2 is 1.34 bits per heavy atom. The SMILES string of the molecule is CCC(C)C(NC(=O)OC)C(=O)N1CCCC1c1ncc(-c2ccc3cc(-c4ccc5nc(C6CCCN6C(=O)C(NC(=O)OC)C(C)CC)[nH]c5c4)ncc3c2)[nH]1. The van der Waals surface area contributed by atoms with E-state index in [1.54, 1.807) is 6.20 Å². The predicted molar refractivity (Wildman–Crippen MR) is 219 cm³/mol. The molecule has 15 nitrogen and oxygen atoms in total. The molecule has 0 bridgehead atoms. The number of H-pyrrole nitrogens is 2. The van der Waals surface area contributed by atoms with E-state index in [0.717, 1.165) is 88.7 Å². The van der Waals surface area contributed by atoms with Crippen LogP contribution in [0.4, 0.5) is 9.59 Å². The Kier molecular flexibility index (Phi) is 12.0. The van der Waals surface area contributed by atoms with E-state index in [2.05, 4.69) is 38.8 Å². The van der Waals surface area contributed by atoms with Crippen molar-refractivity contribution in [2.45, 2.75) is 90.4 Å². The van der Waals surface area contributed by atoms with E-state index in [1.807, 2.05) is 68.0 Å². The predicted octanol–water partition coefficient (Wildman–Crippen LogP) is 7.04. The van der Waals surface area contributed by atoms with E-state index in [1.165, 1.54) is 14.2 Å². The summed E-state index contributed by atoms with van der Waals surface area (Å²) in [6.07, 6.45) is 7.11. The molecule has 2 aliphatic heterocycles. The zero-order valence-electron chi connectivity index (χ0n) is 34.0. The number of hydrogen-bond acceptors (Lipinski definition) is 9. The first kappa shape index (κ1) is 40.2. The van der Waals surface area contributed by atoms with Crippen molar-refractivity contribution in [1.82, 2.24) is 45.4 Å². The van der Waals surface area contributed by atoms with Crippen molar-refractivity contribution in [2.24, 2.45) is 11.8 Å². The third kappa shape index (κ3) is 8.07. The highest BCUT2D eigenvalue weighted by Crippen LogP contribution is 2.36. The Morgan fingerprint density at radius 3 is 1.95 bits per heavy atom. The fraction of sp³-hybridized carbons (Fsp3) is 0.465. The highest BCUT2D eigenvalue weighted by Gasteiger charge is 2.39. The third-order valence-corrected chi connectivity index (χ3v) is 12.0.